The minimum absolute atomic E-state index is 0. The van der Waals surface area contributed by atoms with E-state index in [1.165, 1.54) is 12.1 Å². The van der Waals surface area contributed by atoms with Crippen LogP contribution in [0.15, 0.2) is 59.7 Å². The number of ether oxygens (including phenoxy) is 1. The number of allylic oxidation sites excluding steroid dienone is 1. The number of hydrogen-bond acceptors (Lipinski definition) is 7. The van der Waals surface area contributed by atoms with Gasteiger partial charge < -0.3 is 20.4 Å². The lowest BCUT2D eigenvalue weighted by Gasteiger charge is -2.13. The molecule has 1 fully saturated rings. The van der Waals surface area contributed by atoms with E-state index >= 15 is 0 Å². The van der Waals surface area contributed by atoms with Crippen LogP contribution in [0.2, 0.25) is 0 Å². The van der Waals surface area contributed by atoms with Crippen molar-refractivity contribution in [2.75, 3.05) is 13.7 Å². The number of benzene rings is 1. The smallest absolute Gasteiger partial charge is 0.250 e. The highest BCUT2D eigenvalue weighted by Gasteiger charge is 2.18. The Kier molecular flexibility index (Phi) is 7.30. The molecule has 34 heavy (non-hydrogen) atoms. The van der Waals surface area contributed by atoms with Gasteiger partial charge in [-0.15, -0.1) is 0 Å². The molecule has 1 aliphatic heterocycles. The van der Waals surface area contributed by atoms with Crippen molar-refractivity contribution >= 4 is 11.5 Å². The lowest BCUT2D eigenvalue weighted by Crippen LogP contribution is -2.25. The zero-order chi connectivity index (χ0) is 24.1. The molecule has 1 atom stereocenters. The molecule has 178 valence electrons. The first kappa shape index (κ1) is 23.5. The van der Waals surface area contributed by atoms with Gasteiger partial charge in [-0.1, -0.05) is 24.3 Å². The fraction of sp³-hybridized carbons (Fsp3) is 0.308. The number of pyridine rings is 1. The van der Waals surface area contributed by atoms with Gasteiger partial charge in [-0.05, 0) is 44.0 Å². The molecule has 0 radical (unpaired) electrons. The van der Waals surface area contributed by atoms with Gasteiger partial charge in [0.2, 0.25) is 5.78 Å². The summed E-state index contributed by atoms with van der Waals surface area (Å²) in [6.45, 7) is 3.71. The summed E-state index contributed by atoms with van der Waals surface area (Å²) in [7, 11) is 1.89. The maximum absolute atomic E-state index is 13.0. The fourth-order valence-corrected chi connectivity index (χ4v) is 3.97. The average molecular weight is 462 g/mol. The van der Waals surface area contributed by atoms with Crippen molar-refractivity contribution in [3.05, 3.63) is 87.7 Å². The van der Waals surface area contributed by atoms with Crippen LogP contribution in [-0.4, -0.2) is 40.1 Å². The Labute approximate surface area is 200 Å². The van der Waals surface area contributed by atoms with E-state index in [4.69, 9.17) is 10.5 Å². The van der Waals surface area contributed by atoms with Crippen molar-refractivity contribution in [1.29, 1.82) is 0 Å². The molecule has 4 rings (SSSR count). The molecule has 1 aliphatic rings. The topological polar surface area (TPSA) is 112 Å². The van der Waals surface area contributed by atoms with Crippen molar-refractivity contribution in [3.8, 4) is 11.3 Å². The summed E-state index contributed by atoms with van der Waals surface area (Å²) in [4.78, 5) is 34.3. The van der Waals surface area contributed by atoms with Crippen LogP contribution in [0.5, 0.6) is 0 Å². The number of carbonyl (C=O) groups excluding carboxylic acids is 1. The van der Waals surface area contributed by atoms with Crippen molar-refractivity contribution in [1.82, 2.24) is 19.9 Å². The lowest BCUT2D eigenvalue weighted by molar-refractivity contribution is 0.0962. The molecule has 8 heteroatoms. The highest BCUT2D eigenvalue weighted by Crippen LogP contribution is 2.19. The SMILES string of the molecule is CNCc1ccc(C(N)=CC(=O)c2nc(-c3ccc(=O)n(CC4CCCO4)c3)cnc2C)cc1.[HH]. The van der Waals surface area contributed by atoms with Crippen LogP contribution in [0, 0.1) is 6.92 Å². The molecule has 3 aromatic rings. The van der Waals surface area contributed by atoms with E-state index in [2.05, 4.69) is 15.3 Å². The highest BCUT2D eigenvalue weighted by molar-refractivity contribution is 6.07. The molecule has 1 saturated heterocycles. The van der Waals surface area contributed by atoms with Crippen molar-refractivity contribution in [3.63, 3.8) is 0 Å². The number of carbonyl (C=O) groups is 1. The third-order valence-electron chi connectivity index (χ3n) is 5.85. The van der Waals surface area contributed by atoms with Crippen LogP contribution in [-0.2, 0) is 17.8 Å². The molecule has 3 N–H and O–H groups in total. The summed E-state index contributed by atoms with van der Waals surface area (Å²) in [5.74, 6) is -0.323. The largest absolute Gasteiger partial charge is 0.398 e. The van der Waals surface area contributed by atoms with E-state index in [0.717, 1.165) is 37.1 Å². The highest BCUT2D eigenvalue weighted by atomic mass is 16.5. The summed E-state index contributed by atoms with van der Waals surface area (Å²) in [6.07, 6.45) is 6.71. The van der Waals surface area contributed by atoms with Crippen molar-refractivity contribution in [2.24, 2.45) is 5.73 Å². The number of nitrogens with two attached hydrogens (primary N) is 1. The zero-order valence-electron chi connectivity index (χ0n) is 19.5. The van der Waals surface area contributed by atoms with E-state index in [1.54, 1.807) is 30.0 Å². The van der Waals surface area contributed by atoms with Crippen molar-refractivity contribution in [2.45, 2.75) is 39.0 Å². The second kappa shape index (κ2) is 10.5. The molecular weight excluding hydrogens is 430 g/mol. The molecule has 8 nitrogen and oxygen atoms in total. The molecule has 0 saturated carbocycles. The summed E-state index contributed by atoms with van der Waals surface area (Å²) in [5.41, 5.74) is 10.3. The van der Waals surface area contributed by atoms with Crippen LogP contribution in [0.4, 0.5) is 0 Å². The molecule has 0 amide bonds. The van der Waals surface area contributed by atoms with E-state index in [1.807, 2.05) is 31.3 Å². The van der Waals surface area contributed by atoms with Crippen LogP contribution >= 0.6 is 0 Å². The number of rotatable bonds is 8. The number of aryl methyl sites for hydroxylation is 1. The minimum Gasteiger partial charge on any atom is -0.398 e. The normalized spacial score (nSPS) is 16.1. The van der Waals surface area contributed by atoms with Crippen LogP contribution < -0.4 is 16.6 Å². The van der Waals surface area contributed by atoms with Gasteiger partial charge in [0.15, 0.2) is 0 Å². The summed E-state index contributed by atoms with van der Waals surface area (Å²) >= 11 is 0. The maximum atomic E-state index is 13.0. The maximum Gasteiger partial charge on any atom is 0.250 e. The third-order valence-corrected chi connectivity index (χ3v) is 5.85. The molecule has 0 aliphatic carbocycles. The molecule has 2 aromatic heterocycles. The van der Waals surface area contributed by atoms with Gasteiger partial charge in [-0.3, -0.25) is 14.6 Å². The third kappa shape index (κ3) is 5.47. The van der Waals surface area contributed by atoms with Crippen LogP contribution in [0.25, 0.3) is 17.0 Å². The summed E-state index contributed by atoms with van der Waals surface area (Å²) in [5, 5.41) is 3.10. The second-order valence-corrected chi connectivity index (χ2v) is 8.42. The second-order valence-electron chi connectivity index (χ2n) is 8.42. The molecule has 1 unspecified atom stereocenters. The molecule has 3 heterocycles. The number of ketones is 1. The number of nitrogens with zero attached hydrogens (tertiary/aromatic N) is 3. The Morgan fingerprint density at radius 2 is 2.09 bits per heavy atom. The summed E-state index contributed by atoms with van der Waals surface area (Å²) in [6, 6.07) is 10.9. The van der Waals surface area contributed by atoms with E-state index < -0.39 is 0 Å². The van der Waals surface area contributed by atoms with Gasteiger partial charge in [0.25, 0.3) is 5.56 Å². The quantitative estimate of drug-likeness (QED) is 0.392. The fourth-order valence-electron chi connectivity index (χ4n) is 3.97. The molecule has 0 spiro atoms. The molecule has 0 bridgehead atoms. The van der Waals surface area contributed by atoms with E-state index in [-0.39, 0.29) is 24.6 Å². The van der Waals surface area contributed by atoms with E-state index in [9.17, 15) is 9.59 Å². The Morgan fingerprint density at radius 3 is 2.79 bits per heavy atom. The lowest BCUT2D eigenvalue weighted by atomic mass is 10.1. The average Bonchev–Trinajstić information content (AvgIpc) is 3.34. The van der Waals surface area contributed by atoms with Crippen molar-refractivity contribution < 1.29 is 11.0 Å². The first-order valence-corrected chi connectivity index (χ1v) is 11.4. The van der Waals surface area contributed by atoms with Crippen LogP contribution in [0.3, 0.4) is 0 Å². The zero-order valence-corrected chi connectivity index (χ0v) is 19.5. The van der Waals surface area contributed by atoms with Gasteiger partial charge in [-0.25, -0.2) is 4.98 Å². The molecular formula is C26H31N5O3. The standard InChI is InChI=1S/C26H29N5O3.H2/c1-17-26(24(32)12-22(27)19-7-5-18(6-8-19)13-28-2)30-23(14-29-17)20-9-10-25(33)31(15-20)16-21-4-3-11-34-21;/h5-10,12,14-15,21,28H,3-4,11,13,16,27H2,1-2H3;1H. The minimum atomic E-state index is -0.323. The monoisotopic (exact) mass is 461 g/mol. The van der Waals surface area contributed by atoms with Gasteiger partial charge in [-0.2, -0.15) is 0 Å². The summed E-state index contributed by atoms with van der Waals surface area (Å²) < 4.78 is 7.29. The first-order chi connectivity index (χ1) is 16.4. The van der Waals surface area contributed by atoms with Crippen LogP contribution in [0.1, 0.15) is 41.6 Å². The Balaban J connectivity index is 0.00000342. The van der Waals surface area contributed by atoms with E-state index in [0.29, 0.717) is 29.2 Å². The number of nitrogens with one attached hydrogen (secondary N) is 1. The molecule has 1 aromatic carbocycles. The Hall–Kier alpha value is -3.62. The number of hydrogen-bond donors (Lipinski definition) is 2. The van der Waals surface area contributed by atoms with Gasteiger partial charge in [0.05, 0.1) is 30.2 Å². The first-order valence-electron chi connectivity index (χ1n) is 11.4. The van der Waals surface area contributed by atoms with Gasteiger partial charge in [0, 0.05) is 44.2 Å². The Morgan fingerprint density at radius 1 is 1.29 bits per heavy atom. The predicted octanol–water partition coefficient (Wildman–Crippen LogP) is 2.94. The van der Waals surface area contributed by atoms with Gasteiger partial charge in [0.1, 0.15) is 5.69 Å². The number of aromatic nitrogens is 3. The Bertz CT molecular complexity index is 1260. The predicted molar refractivity (Wildman–Crippen MR) is 133 cm³/mol. The van der Waals surface area contributed by atoms with Gasteiger partial charge >= 0.3 is 0 Å².